The second kappa shape index (κ2) is 6.11. The molecule has 1 aromatic heterocycles. The van der Waals surface area contributed by atoms with Crippen molar-refractivity contribution in [2.24, 2.45) is 0 Å². The van der Waals surface area contributed by atoms with E-state index in [1.807, 2.05) is 0 Å². The van der Waals surface area contributed by atoms with Gasteiger partial charge in [0.15, 0.2) is 11.5 Å². The summed E-state index contributed by atoms with van der Waals surface area (Å²) in [7, 11) is 0. The van der Waals surface area contributed by atoms with Crippen molar-refractivity contribution < 1.29 is 23.0 Å². The summed E-state index contributed by atoms with van der Waals surface area (Å²) in [5, 5.41) is 15.5. The Morgan fingerprint density at radius 1 is 1.35 bits per heavy atom. The largest absolute Gasteiger partial charge is 0.586 e. The van der Waals surface area contributed by atoms with Crippen LogP contribution in [0.15, 0.2) is 23.0 Å². The summed E-state index contributed by atoms with van der Waals surface area (Å²) in [6.07, 6.45) is -3.75. The molecule has 0 unspecified atom stereocenters. The minimum absolute atomic E-state index is 0.0874. The van der Waals surface area contributed by atoms with E-state index in [4.69, 9.17) is 5.26 Å². The molecule has 0 saturated heterocycles. The van der Waals surface area contributed by atoms with Gasteiger partial charge in [-0.3, -0.25) is 9.59 Å². The van der Waals surface area contributed by atoms with E-state index in [1.165, 1.54) is 18.2 Å². The molecule has 0 aliphatic carbocycles. The number of nitrogens with zero attached hydrogens (tertiary/aromatic N) is 3. The molecule has 3 rings (SSSR count). The van der Waals surface area contributed by atoms with Crippen molar-refractivity contribution in [2.45, 2.75) is 26.7 Å². The number of hydrogen-bond donors (Lipinski definition) is 1. The number of hydrogen-bond acceptors (Lipinski definition) is 6. The molecule has 1 amide bonds. The van der Waals surface area contributed by atoms with Crippen molar-refractivity contribution in [3.05, 3.63) is 45.4 Å². The molecular formula is C16H12F2N4O4. The average molecular weight is 362 g/mol. The molecule has 1 aliphatic heterocycles. The maximum absolute atomic E-state index is 13.0. The second-order valence-electron chi connectivity index (χ2n) is 5.54. The molecule has 134 valence electrons. The first kappa shape index (κ1) is 17.3. The van der Waals surface area contributed by atoms with Gasteiger partial charge >= 0.3 is 6.29 Å². The zero-order valence-electron chi connectivity index (χ0n) is 13.7. The molecule has 0 spiro atoms. The standard InChI is InChI=1S/C16H12F2N4O4/c1-8-9(2)21-22(15(24)11(8)6-19)7-14(23)20-10-3-4-12-13(5-10)26-16(17,18)25-12/h3-5H,7H2,1-2H3,(H,20,23). The monoisotopic (exact) mass is 362 g/mol. The summed E-state index contributed by atoms with van der Waals surface area (Å²) >= 11 is 0. The Bertz CT molecular complexity index is 1010. The summed E-state index contributed by atoms with van der Waals surface area (Å²) in [4.78, 5) is 24.3. The maximum atomic E-state index is 13.0. The van der Waals surface area contributed by atoms with Crippen LogP contribution in [-0.2, 0) is 11.3 Å². The van der Waals surface area contributed by atoms with Gasteiger partial charge in [0.1, 0.15) is 18.2 Å². The van der Waals surface area contributed by atoms with E-state index in [0.717, 1.165) is 4.68 Å². The Morgan fingerprint density at radius 3 is 2.73 bits per heavy atom. The van der Waals surface area contributed by atoms with Crippen LogP contribution in [0.3, 0.4) is 0 Å². The number of carbonyl (C=O) groups is 1. The number of nitrogens with one attached hydrogen (secondary N) is 1. The lowest BCUT2D eigenvalue weighted by Crippen LogP contribution is -2.32. The number of rotatable bonds is 3. The first-order valence-electron chi connectivity index (χ1n) is 7.38. The van der Waals surface area contributed by atoms with Gasteiger partial charge in [-0.05, 0) is 31.5 Å². The van der Waals surface area contributed by atoms with Crippen molar-refractivity contribution in [3.8, 4) is 17.6 Å². The Hall–Kier alpha value is -3.48. The van der Waals surface area contributed by atoms with Gasteiger partial charge in [0.2, 0.25) is 5.91 Å². The number of nitriles is 1. The fraction of sp³-hybridized carbons (Fsp3) is 0.250. The number of alkyl halides is 2. The topological polar surface area (TPSA) is 106 Å². The third-order valence-corrected chi connectivity index (χ3v) is 3.73. The van der Waals surface area contributed by atoms with E-state index in [0.29, 0.717) is 11.3 Å². The molecular weight excluding hydrogens is 350 g/mol. The van der Waals surface area contributed by atoms with E-state index in [-0.39, 0.29) is 22.7 Å². The molecule has 2 aromatic rings. The molecule has 1 aliphatic rings. The number of aryl methyl sites for hydroxylation is 1. The summed E-state index contributed by atoms with van der Waals surface area (Å²) < 4.78 is 35.4. The summed E-state index contributed by atoms with van der Waals surface area (Å²) in [6.45, 7) is 2.76. The van der Waals surface area contributed by atoms with Gasteiger partial charge < -0.3 is 14.8 Å². The third-order valence-electron chi connectivity index (χ3n) is 3.73. The average Bonchev–Trinajstić information content (AvgIpc) is 2.86. The number of benzene rings is 1. The van der Waals surface area contributed by atoms with Crippen LogP contribution in [-0.4, -0.2) is 22.0 Å². The quantitative estimate of drug-likeness (QED) is 0.891. The van der Waals surface area contributed by atoms with Crippen LogP contribution in [0.1, 0.15) is 16.8 Å². The summed E-state index contributed by atoms with van der Waals surface area (Å²) in [5.41, 5.74) is 0.296. The number of ether oxygens (including phenoxy) is 2. The second-order valence-corrected chi connectivity index (χ2v) is 5.54. The molecule has 0 atom stereocenters. The number of carbonyl (C=O) groups excluding carboxylic acids is 1. The number of fused-ring (bicyclic) bond motifs is 1. The van der Waals surface area contributed by atoms with Crippen LogP contribution in [0.4, 0.5) is 14.5 Å². The normalized spacial score (nSPS) is 14.0. The fourth-order valence-corrected chi connectivity index (χ4v) is 2.37. The van der Waals surface area contributed by atoms with Gasteiger partial charge in [-0.25, -0.2) is 4.68 Å². The van der Waals surface area contributed by atoms with Crippen molar-refractivity contribution in [2.75, 3.05) is 5.32 Å². The highest BCUT2D eigenvalue weighted by atomic mass is 19.3. The molecule has 2 heterocycles. The molecule has 26 heavy (non-hydrogen) atoms. The predicted molar refractivity (Wildman–Crippen MR) is 84.0 cm³/mol. The Kier molecular flexibility index (Phi) is 4.07. The minimum Gasteiger partial charge on any atom is -0.395 e. The van der Waals surface area contributed by atoms with Crippen LogP contribution >= 0.6 is 0 Å². The molecule has 8 nitrogen and oxygen atoms in total. The fourth-order valence-electron chi connectivity index (χ4n) is 2.37. The van der Waals surface area contributed by atoms with Gasteiger partial charge in [-0.1, -0.05) is 0 Å². The molecule has 1 N–H and O–H groups in total. The van der Waals surface area contributed by atoms with Gasteiger partial charge in [0.05, 0.1) is 5.69 Å². The first-order valence-corrected chi connectivity index (χ1v) is 7.38. The summed E-state index contributed by atoms with van der Waals surface area (Å²) in [6, 6.07) is 5.54. The first-order chi connectivity index (χ1) is 12.2. The SMILES string of the molecule is Cc1nn(CC(=O)Nc2ccc3c(c2)OC(F)(F)O3)c(=O)c(C#N)c1C. The van der Waals surface area contributed by atoms with E-state index < -0.39 is 24.3 Å². The van der Waals surface area contributed by atoms with E-state index in [9.17, 15) is 18.4 Å². The number of anilines is 1. The number of halogens is 2. The van der Waals surface area contributed by atoms with Gasteiger partial charge in [0.25, 0.3) is 5.56 Å². The van der Waals surface area contributed by atoms with Crippen LogP contribution in [0.5, 0.6) is 11.5 Å². The summed E-state index contributed by atoms with van der Waals surface area (Å²) in [5.74, 6) is -1.00. The number of amides is 1. The minimum atomic E-state index is -3.75. The van der Waals surface area contributed by atoms with Crippen LogP contribution < -0.4 is 20.3 Å². The Labute approximate surface area is 145 Å². The molecule has 0 radical (unpaired) electrons. The lowest BCUT2D eigenvalue weighted by molar-refractivity contribution is -0.286. The van der Waals surface area contributed by atoms with E-state index >= 15 is 0 Å². The van der Waals surface area contributed by atoms with Crippen molar-refractivity contribution in [3.63, 3.8) is 0 Å². The van der Waals surface area contributed by atoms with E-state index in [1.54, 1.807) is 19.9 Å². The zero-order valence-corrected chi connectivity index (χ0v) is 13.7. The highest BCUT2D eigenvalue weighted by Gasteiger charge is 2.43. The smallest absolute Gasteiger partial charge is 0.395 e. The lowest BCUT2D eigenvalue weighted by Gasteiger charge is -2.10. The Morgan fingerprint density at radius 2 is 2.04 bits per heavy atom. The van der Waals surface area contributed by atoms with Crippen LogP contribution in [0.25, 0.3) is 0 Å². The maximum Gasteiger partial charge on any atom is 0.586 e. The zero-order chi connectivity index (χ0) is 19.1. The molecule has 0 bridgehead atoms. The highest BCUT2D eigenvalue weighted by Crippen LogP contribution is 2.42. The molecule has 0 fully saturated rings. The third kappa shape index (κ3) is 3.19. The van der Waals surface area contributed by atoms with Crippen molar-refractivity contribution in [1.82, 2.24) is 9.78 Å². The van der Waals surface area contributed by atoms with Gasteiger partial charge in [0, 0.05) is 11.8 Å². The van der Waals surface area contributed by atoms with Gasteiger partial charge in [-0.15, -0.1) is 8.78 Å². The van der Waals surface area contributed by atoms with E-state index in [2.05, 4.69) is 19.9 Å². The van der Waals surface area contributed by atoms with Crippen molar-refractivity contribution >= 4 is 11.6 Å². The molecule has 0 saturated carbocycles. The Balaban J connectivity index is 1.78. The molecule has 10 heteroatoms. The van der Waals surface area contributed by atoms with Crippen molar-refractivity contribution in [1.29, 1.82) is 5.26 Å². The number of aromatic nitrogens is 2. The molecule has 1 aromatic carbocycles. The lowest BCUT2D eigenvalue weighted by atomic mass is 10.1. The predicted octanol–water partition coefficient (Wildman–Crippen LogP) is 1.69. The highest BCUT2D eigenvalue weighted by molar-refractivity contribution is 5.90. The van der Waals surface area contributed by atoms with Crippen LogP contribution in [0, 0.1) is 25.2 Å². The van der Waals surface area contributed by atoms with Gasteiger partial charge in [-0.2, -0.15) is 10.4 Å². The van der Waals surface area contributed by atoms with Crippen LogP contribution in [0.2, 0.25) is 0 Å².